The lowest BCUT2D eigenvalue weighted by atomic mass is 9.97. The Morgan fingerprint density at radius 2 is 2.07 bits per heavy atom. The molecule has 3 heteroatoms. The summed E-state index contributed by atoms with van der Waals surface area (Å²) in [7, 11) is 0. The van der Waals surface area contributed by atoms with Crippen molar-refractivity contribution in [3.05, 3.63) is 23.0 Å². The van der Waals surface area contributed by atoms with Crippen LogP contribution in [0.25, 0.3) is 0 Å². The third-order valence-corrected chi connectivity index (χ3v) is 3.02. The van der Waals surface area contributed by atoms with Crippen LogP contribution in [0.1, 0.15) is 33.6 Å². The Balaban J connectivity index is 2.40. The first-order valence-corrected chi connectivity index (χ1v) is 5.39. The number of carbonyl (C=O) groups excluding carboxylic acids is 1. The zero-order valence-electron chi connectivity index (χ0n) is 9.63. The van der Waals surface area contributed by atoms with Crippen molar-refractivity contribution < 1.29 is 4.79 Å². The molecule has 0 spiro atoms. The molecule has 1 aliphatic heterocycles. The molecule has 2 N–H and O–H groups in total. The van der Waals surface area contributed by atoms with Crippen molar-refractivity contribution in [1.29, 1.82) is 0 Å². The fraction of sp³-hybridized carbons (Fsp3) is 0.583. The van der Waals surface area contributed by atoms with Crippen molar-refractivity contribution in [2.45, 2.75) is 39.2 Å². The molecule has 0 aromatic heterocycles. The van der Waals surface area contributed by atoms with E-state index in [2.05, 4.69) is 25.7 Å². The summed E-state index contributed by atoms with van der Waals surface area (Å²) in [6.45, 7) is 7.41. The fourth-order valence-electron chi connectivity index (χ4n) is 2.30. The van der Waals surface area contributed by atoms with Gasteiger partial charge in [0.05, 0.1) is 6.42 Å². The van der Waals surface area contributed by atoms with E-state index in [0.717, 1.165) is 24.2 Å². The highest BCUT2D eigenvalue weighted by Gasteiger charge is 2.34. The number of allylic oxidation sites excluding steroid dienone is 2. The van der Waals surface area contributed by atoms with Gasteiger partial charge in [-0.15, -0.1) is 0 Å². The van der Waals surface area contributed by atoms with Crippen LogP contribution in [0, 0.1) is 0 Å². The molecule has 0 unspecified atom stereocenters. The Hall–Kier alpha value is -1.25. The third kappa shape index (κ3) is 1.66. The summed E-state index contributed by atoms with van der Waals surface area (Å²) in [6, 6.07) is 0. The van der Waals surface area contributed by atoms with E-state index in [0.29, 0.717) is 12.1 Å². The Morgan fingerprint density at radius 1 is 1.40 bits per heavy atom. The standard InChI is InChI=1S/C12H18N2O/c1-12(2,3)14-5-4-9-10(14)6-8(13)7-11(9)15/h6H,4-5,7,13H2,1-3H3. The summed E-state index contributed by atoms with van der Waals surface area (Å²) in [5.74, 6) is 0.205. The first-order chi connectivity index (χ1) is 6.89. The van der Waals surface area contributed by atoms with Crippen LogP contribution in [0.15, 0.2) is 23.0 Å². The van der Waals surface area contributed by atoms with Crippen LogP contribution >= 0.6 is 0 Å². The molecular formula is C12H18N2O. The molecule has 3 nitrogen and oxygen atoms in total. The van der Waals surface area contributed by atoms with E-state index in [4.69, 9.17) is 5.73 Å². The van der Waals surface area contributed by atoms with E-state index >= 15 is 0 Å². The lowest BCUT2D eigenvalue weighted by molar-refractivity contribution is -0.115. The van der Waals surface area contributed by atoms with Crippen molar-refractivity contribution in [3.8, 4) is 0 Å². The summed E-state index contributed by atoms with van der Waals surface area (Å²) < 4.78 is 0. The molecule has 0 aromatic rings. The molecule has 0 aromatic carbocycles. The number of carbonyl (C=O) groups is 1. The Morgan fingerprint density at radius 3 is 2.67 bits per heavy atom. The van der Waals surface area contributed by atoms with E-state index in [1.54, 1.807) is 0 Å². The van der Waals surface area contributed by atoms with Gasteiger partial charge in [0, 0.05) is 29.1 Å². The normalized spacial score (nSPS) is 21.9. The molecule has 0 bridgehead atoms. The molecule has 0 amide bonds. The minimum absolute atomic E-state index is 0.0610. The second kappa shape index (κ2) is 3.12. The SMILES string of the molecule is CC(C)(C)N1CCC2=C1C=C(N)CC2=O. The van der Waals surface area contributed by atoms with Crippen molar-refractivity contribution in [2.24, 2.45) is 5.73 Å². The first kappa shape index (κ1) is 10.3. The summed E-state index contributed by atoms with van der Waals surface area (Å²) in [5.41, 5.74) is 8.54. The Kier molecular flexibility index (Phi) is 2.14. The minimum Gasteiger partial charge on any atom is -0.402 e. The molecule has 0 atom stereocenters. The quantitative estimate of drug-likeness (QED) is 0.654. The number of nitrogens with zero attached hydrogens (tertiary/aromatic N) is 1. The highest BCUT2D eigenvalue weighted by atomic mass is 16.1. The maximum atomic E-state index is 11.8. The smallest absolute Gasteiger partial charge is 0.166 e. The number of hydrogen-bond acceptors (Lipinski definition) is 3. The van der Waals surface area contributed by atoms with Gasteiger partial charge < -0.3 is 10.6 Å². The van der Waals surface area contributed by atoms with Crippen LogP contribution in [0.2, 0.25) is 0 Å². The predicted octanol–water partition coefficient (Wildman–Crippen LogP) is 1.56. The minimum atomic E-state index is 0.0610. The molecule has 1 heterocycles. The van der Waals surface area contributed by atoms with Crippen molar-refractivity contribution in [2.75, 3.05) is 6.54 Å². The number of rotatable bonds is 0. The zero-order valence-corrected chi connectivity index (χ0v) is 9.63. The van der Waals surface area contributed by atoms with Crippen LogP contribution in [-0.2, 0) is 4.79 Å². The Labute approximate surface area is 90.6 Å². The highest BCUT2D eigenvalue weighted by Crippen LogP contribution is 2.34. The molecule has 2 aliphatic rings. The molecule has 2 rings (SSSR count). The van der Waals surface area contributed by atoms with Gasteiger partial charge in [-0.25, -0.2) is 0 Å². The van der Waals surface area contributed by atoms with Crippen molar-refractivity contribution in [1.82, 2.24) is 4.90 Å². The topological polar surface area (TPSA) is 46.3 Å². The molecule has 1 aliphatic carbocycles. The van der Waals surface area contributed by atoms with E-state index in [-0.39, 0.29) is 11.3 Å². The van der Waals surface area contributed by atoms with E-state index in [1.807, 2.05) is 6.08 Å². The molecule has 0 fully saturated rings. The lowest BCUT2D eigenvalue weighted by Gasteiger charge is -2.36. The first-order valence-electron chi connectivity index (χ1n) is 5.39. The molecular weight excluding hydrogens is 188 g/mol. The van der Waals surface area contributed by atoms with Crippen LogP contribution in [0.4, 0.5) is 0 Å². The fourth-order valence-corrected chi connectivity index (χ4v) is 2.30. The van der Waals surface area contributed by atoms with E-state index in [9.17, 15) is 4.79 Å². The lowest BCUT2D eigenvalue weighted by Crippen LogP contribution is -2.38. The average molecular weight is 206 g/mol. The van der Waals surface area contributed by atoms with Crippen LogP contribution < -0.4 is 5.73 Å². The van der Waals surface area contributed by atoms with Gasteiger partial charge in [0.15, 0.2) is 5.78 Å². The molecule has 0 saturated carbocycles. The van der Waals surface area contributed by atoms with Gasteiger partial charge in [-0.05, 0) is 33.3 Å². The van der Waals surface area contributed by atoms with E-state index in [1.165, 1.54) is 0 Å². The van der Waals surface area contributed by atoms with Gasteiger partial charge in [-0.3, -0.25) is 4.79 Å². The highest BCUT2D eigenvalue weighted by molar-refractivity contribution is 5.99. The van der Waals surface area contributed by atoms with Crippen LogP contribution in [-0.4, -0.2) is 22.8 Å². The monoisotopic (exact) mass is 206 g/mol. The van der Waals surface area contributed by atoms with Gasteiger partial charge >= 0.3 is 0 Å². The molecule has 0 saturated heterocycles. The van der Waals surface area contributed by atoms with Crippen LogP contribution in [0.5, 0.6) is 0 Å². The predicted molar refractivity (Wildman–Crippen MR) is 60.0 cm³/mol. The summed E-state index contributed by atoms with van der Waals surface area (Å²) in [4.78, 5) is 14.0. The van der Waals surface area contributed by atoms with Gasteiger partial charge in [0.2, 0.25) is 0 Å². The van der Waals surface area contributed by atoms with Crippen molar-refractivity contribution in [3.63, 3.8) is 0 Å². The maximum Gasteiger partial charge on any atom is 0.166 e. The second-order valence-electron chi connectivity index (χ2n) is 5.26. The number of hydrogen-bond donors (Lipinski definition) is 1. The molecule has 0 radical (unpaired) electrons. The number of Topliss-reactive ketones (excluding diaryl/α,β-unsaturated/α-hetero) is 1. The summed E-state index contributed by atoms with van der Waals surface area (Å²) in [5, 5.41) is 0. The Bertz CT molecular complexity index is 372. The van der Waals surface area contributed by atoms with Crippen molar-refractivity contribution >= 4 is 5.78 Å². The maximum absolute atomic E-state index is 11.8. The summed E-state index contributed by atoms with van der Waals surface area (Å²) >= 11 is 0. The van der Waals surface area contributed by atoms with Gasteiger partial charge in [-0.1, -0.05) is 0 Å². The average Bonchev–Trinajstić information content (AvgIpc) is 2.45. The number of ketones is 1. The molecule has 82 valence electrons. The largest absolute Gasteiger partial charge is 0.402 e. The number of nitrogens with two attached hydrogens (primary N) is 1. The second-order valence-corrected chi connectivity index (χ2v) is 5.26. The van der Waals surface area contributed by atoms with Gasteiger partial charge in [0.1, 0.15) is 0 Å². The summed E-state index contributed by atoms with van der Waals surface area (Å²) in [6.07, 6.45) is 3.24. The molecule has 15 heavy (non-hydrogen) atoms. The van der Waals surface area contributed by atoms with E-state index < -0.39 is 0 Å². The van der Waals surface area contributed by atoms with Crippen LogP contribution in [0.3, 0.4) is 0 Å². The van der Waals surface area contributed by atoms with Gasteiger partial charge in [0.25, 0.3) is 0 Å². The van der Waals surface area contributed by atoms with Gasteiger partial charge in [-0.2, -0.15) is 0 Å². The third-order valence-electron chi connectivity index (χ3n) is 3.02. The zero-order chi connectivity index (χ0) is 11.2.